The van der Waals surface area contributed by atoms with Crippen LogP contribution in [0.4, 0.5) is 0 Å². The summed E-state index contributed by atoms with van der Waals surface area (Å²) < 4.78 is 5.39. The Kier molecular flexibility index (Phi) is 3.04. The van der Waals surface area contributed by atoms with E-state index in [2.05, 4.69) is 23.5 Å². The minimum atomic E-state index is 0.705. The molecule has 2 N–H and O–H groups in total. The van der Waals surface area contributed by atoms with Gasteiger partial charge in [0.05, 0.1) is 20.2 Å². The van der Waals surface area contributed by atoms with Crippen LogP contribution in [0.1, 0.15) is 24.3 Å². The van der Waals surface area contributed by atoms with E-state index in [9.17, 15) is 0 Å². The maximum atomic E-state index is 5.39. The molecule has 2 rings (SSSR count). The maximum Gasteiger partial charge on any atom is 0.122 e. The predicted octanol–water partition coefficient (Wildman–Crippen LogP) is 1.14. The van der Waals surface area contributed by atoms with E-state index in [4.69, 9.17) is 4.74 Å². The number of methoxy groups -OCH3 is 1. The van der Waals surface area contributed by atoms with Gasteiger partial charge in [0.25, 0.3) is 0 Å². The summed E-state index contributed by atoms with van der Waals surface area (Å²) in [6.07, 6.45) is 2.56. The first-order valence-corrected chi connectivity index (χ1v) is 5.36. The van der Waals surface area contributed by atoms with E-state index in [1.807, 2.05) is 6.07 Å². The lowest BCUT2D eigenvalue weighted by molar-refractivity contribution is -0.663. The monoisotopic (exact) mass is 192 g/mol. The van der Waals surface area contributed by atoms with Gasteiger partial charge < -0.3 is 10.1 Å². The van der Waals surface area contributed by atoms with Gasteiger partial charge in [0.15, 0.2) is 0 Å². The van der Waals surface area contributed by atoms with Gasteiger partial charge in [-0.25, -0.2) is 0 Å². The molecule has 2 heteroatoms. The molecule has 14 heavy (non-hydrogen) atoms. The fourth-order valence-electron chi connectivity index (χ4n) is 2.24. The summed E-state index contributed by atoms with van der Waals surface area (Å²) in [5.41, 5.74) is 1.39. The van der Waals surface area contributed by atoms with Crippen molar-refractivity contribution in [1.82, 2.24) is 0 Å². The molecule has 0 spiro atoms. The molecular weight excluding hydrogens is 174 g/mol. The topological polar surface area (TPSA) is 25.8 Å². The number of ether oxygens (including phenoxy) is 1. The number of hydrogen-bond acceptors (Lipinski definition) is 1. The van der Waals surface area contributed by atoms with Gasteiger partial charge in [0, 0.05) is 12.8 Å². The summed E-state index contributed by atoms with van der Waals surface area (Å²) in [5, 5.41) is 2.39. The molecular formula is C12H18NO+. The lowest BCUT2D eigenvalue weighted by Gasteiger charge is -2.22. The van der Waals surface area contributed by atoms with E-state index in [0.717, 1.165) is 5.75 Å². The minimum Gasteiger partial charge on any atom is -0.496 e. The molecule has 0 aliphatic carbocycles. The van der Waals surface area contributed by atoms with Gasteiger partial charge in [-0.1, -0.05) is 18.2 Å². The maximum absolute atomic E-state index is 5.39. The Balaban J connectivity index is 2.20. The molecule has 1 aromatic rings. The summed E-state index contributed by atoms with van der Waals surface area (Å²) >= 11 is 0. The van der Waals surface area contributed by atoms with Crippen molar-refractivity contribution < 1.29 is 10.1 Å². The summed E-state index contributed by atoms with van der Waals surface area (Å²) in [7, 11) is 1.76. The van der Waals surface area contributed by atoms with Crippen molar-refractivity contribution in [3.05, 3.63) is 29.8 Å². The number of hydrogen-bond donors (Lipinski definition) is 1. The average molecular weight is 192 g/mol. The Morgan fingerprint density at radius 1 is 1.21 bits per heavy atom. The van der Waals surface area contributed by atoms with Crippen LogP contribution in [-0.4, -0.2) is 20.2 Å². The van der Waals surface area contributed by atoms with E-state index in [0.29, 0.717) is 5.92 Å². The Bertz CT molecular complexity index is 292. The summed E-state index contributed by atoms with van der Waals surface area (Å²) in [6.45, 7) is 2.51. The molecule has 1 aromatic carbocycles. The molecule has 0 bridgehead atoms. The second-order valence-electron chi connectivity index (χ2n) is 3.88. The van der Waals surface area contributed by atoms with Gasteiger partial charge in [0.2, 0.25) is 0 Å². The molecule has 2 nitrogen and oxygen atoms in total. The van der Waals surface area contributed by atoms with E-state index in [1.54, 1.807) is 7.11 Å². The second-order valence-corrected chi connectivity index (χ2v) is 3.88. The molecule has 0 unspecified atom stereocenters. The number of piperidine rings is 1. The number of benzene rings is 1. The minimum absolute atomic E-state index is 0.705. The molecule has 1 saturated heterocycles. The van der Waals surface area contributed by atoms with Crippen LogP contribution in [0.15, 0.2) is 24.3 Å². The standard InChI is InChI=1S/C12H17NO/c1-14-12-5-3-2-4-11(12)10-6-8-13-9-7-10/h2-5,10,13H,6-9H2,1H3/p+1. The van der Waals surface area contributed by atoms with Crippen LogP contribution in [0.2, 0.25) is 0 Å². The quantitative estimate of drug-likeness (QED) is 0.747. The molecule has 1 aliphatic heterocycles. The molecule has 0 aromatic heterocycles. The molecule has 1 heterocycles. The lowest BCUT2D eigenvalue weighted by atomic mass is 9.90. The number of rotatable bonds is 2. The highest BCUT2D eigenvalue weighted by Gasteiger charge is 2.19. The van der Waals surface area contributed by atoms with Crippen molar-refractivity contribution in [3.63, 3.8) is 0 Å². The van der Waals surface area contributed by atoms with Gasteiger partial charge in [-0.3, -0.25) is 0 Å². The van der Waals surface area contributed by atoms with Crippen LogP contribution in [-0.2, 0) is 0 Å². The molecule has 76 valence electrons. The van der Waals surface area contributed by atoms with E-state index < -0.39 is 0 Å². The summed E-state index contributed by atoms with van der Waals surface area (Å²) in [6, 6.07) is 8.41. The van der Waals surface area contributed by atoms with Gasteiger partial charge in [-0.2, -0.15) is 0 Å². The molecule has 0 radical (unpaired) electrons. The van der Waals surface area contributed by atoms with Crippen LogP contribution in [0.3, 0.4) is 0 Å². The highest BCUT2D eigenvalue weighted by molar-refractivity contribution is 5.36. The zero-order valence-corrected chi connectivity index (χ0v) is 8.70. The van der Waals surface area contributed by atoms with Crippen LogP contribution < -0.4 is 10.1 Å². The number of quaternary nitrogens is 1. The fraction of sp³-hybridized carbons (Fsp3) is 0.500. The predicted molar refractivity (Wildman–Crippen MR) is 56.6 cm³/mol. The normalized spacial score (nSPS) is 18.1. The molecule has 0 saturated carbocycles. The first-order valence-electron chi connectivity index (χ1n) is 5.36. The Labute approximate surface area is 85.3 Å². The Morgan fingerprint density at radius 3 is 2.64 bits per heavy atom. The third-order valence-electron chi connectivity index (χ3n) is 3.02. The zero-order valence-electron chi connectivity index (χ0n) is 8.70. The molecule has 1 aliphatic rings. The van der Waals surface area contributed by atoms with Crippen LogP contribution in [0.25, 0.3) is 0 Å². The van der Waals surface area contributed by atoms with Crippen molar-refractivity contribution in [3.8, 4) is 5.75 Å². The van der Waals surface area contributed by atoms with Gasteiger partial charge in [-0.15, -0.1) is 0 Å². The lowest BCUT2D eigenvalue weighted by Crippen LogP contribution is -2.86. The van der Waals surface area contributed by atoms with Gasteiger partial charge >= 0.3 is 0 Å². The van der Waals surface area contributed by atoms with Crippen molar-refractivity contribution >= 4 is 0 Å². The highest BCUT2D eigenvalue weighted by Crippen LogP contribution is 2.31. The van der Waals surface area contributed by atoms with Crippen molar-refractivity contribution in [1.29, 1.82) is 0 Å². The molecule has 0 amide bonds. The summed E-state index contributed by atoms with van der Waals surface area (Å²) in [5.74, 6) is 1.76. The second kappa shape index (κ2) is 4.47. The number of nitrogens with two attached hydrogens (primary N) is 1. The summed E-state index contributed by atoms with van der Waals surface area (Å²) in [4.78, 5) is 0. The van der Waals surface area contributed by atoms with Crippen LogP contribution >= 0.6 is 0 Å². The first kappa shape index (κ1) is 9.53. The SMILES string of the molecule is COc1ccccc1C1CC[NH2+]CC1. The number of para-hydroxylation sites is 1. The van der Waals surface area contributed by atoms with Crippen molar-refractivity contribution in [2.24, 2.45) is 0 Å². The highest BCUT2D eigenvalue weighted by atomic mass is 16.5. The Hall–Kier alpha value is -1.02. The van der Waals surface area contributed by atoms with Gasteiger partial charge in [-0.05, 0) is 17.5 Å². The van der Waals surface area contributed by atoms with Crippen LogP contribution in [0, 0.1) is 0 Å². The van der Waals surface area contributed by atoms with Gasteiger partial charge in [0.1, 0.15) is 5.75 Å². The van der Waals surface area contributed by atoms with Crippen LogP contribution in [0.5, 0.6) is 5.75 Å². The average Bonchev–Trinajstić information content (AvgIpc) is 2.30. The largest absolute Gasteiger partial charge is 0.496 e. The first-order chi connectivity index (χ1) is 6.92. The smallest absolute Gasteiger partial charge is 0.122 e. The van der Waals surface area contributed by atoms with E-state index in [1.165, 1.54) is 31.5 Å². The Morgan fingerprint density at radius 2 is 1.93 bits per heavy atom. The van der Waals surface area contributed by atoms with Crippen molar-refractivity contribution in [2.75, 3.05) is 20.2 Å². The molecule has 1 fully saturated rings. The third-order valence-corrected chi connectivity index (χ3v) is 3.02. The van der Waals surface area contributed by atoms with E-state index in [-0.39, 0.29) is 0 Å². The third kappa shape index (κ3) is 1.90. The van der Waals surface area contributed by atoms with E-state index >= 15 is 0 Å². The molecule has 0 atom stereocenters. The fourth-order valence-corrected chi connectivity index (χ4v) is 2.24. The zero-order chi connectivity index (χ0) is 9.80. The van der Waals surface area contributed by atoms with Crippen molar-refractivity contribution in [2.45, 2.75) is 18.8 Å².